The van der Waals surface area contributed by atoms with Gasteiger partial charge in [0, 0.05) is 53.3 Å². The van der Waals surface area contributed by atoms with Crippen molar-refractivity contribution in [1.29, 1.82) is 0 Å². The largest absolute Gasteiger partial charge is 0.457 e. The lowest BCUT2D eigenvalue weighted by Crippen LogP contribution is -2.55. The molecule has 0 saturated heterocycles. The lowest BCUT2D eigenvalue weighted by molar-refractivity contribution is -0.288. The van der Waals surface area contributed by atoms with Crippen molar-refractivity contribution in [3.63, 3.8) is 0 Å². The van der Waals surface area contributed by atoms with Crippen LogP contribution >= 0.6 is 0 Å². The molecule has 2 N–H and O–H groups in total. The predicted molar refractivity (Wildman–Crippen MR) is 193 cm³/mol. The number of nitrogens with one attached hydrogen (secondary N) is 2. The first kappa shape index (κ1) is 40.4. The molecule has 0 aliphatic rings. The molecule has 288 valence electrons. The highest BCUT2D eigenvalue weighted by Crippen LogP contribution is 2.56. The van der Waals surface area contributed by atoms with Crippen molar-refractivity contribution < 1.29 is 59.8 Å². The molecule has 0 atom stereocenters. The summed E-state index contributed by atoms with van der Waals surface area (Å²) in [6.07, 6.45) is -12.6. The number of ether oxygens (including phenoxy) is 2. The van der Waals surface area contributed by atoms with Crippen LogP contribution in [0.3, 0.4) is 0 Å². The van der Waals surface area contributed by atoms with E-state index in [1.807, 2.05) is 6.07 Å². The Morgan fingerprint density at radius 3 is 1.48 bits per heavy atom. The molecule has 0 bridgehead atoms. The van der Waals surface area contributed by atoms with Gasteiger partial charge in [-0.15, -0.1) is 0 Å². The van der Waals surface area contributed by atoms with Crippen LogP contribution in [0.2, 0.25) is 0 Å². The summed E-state index contributed by atoms with van der Waals surface area (Å²) in [5.74, 6) is -3.15. The van der Waals surface area contributed by atoms with Crippen molar-refractivity contribution in [2.45, 2.75) is 31.6 Å². The van der Waals surface area contributed by atoms with Crippen molar-refractivity contribution in [2.24, 2.45) is 0 Å². The number of carbonyl (C=O) groups excluding carboxylic acids is 5. The van der Waals surface area contributed by atoms with Gasteiger partial charge in [-0.05, 0) is 79.6 Å². The molecule has 0 saturated carbocycles. The number of carbonyl (C=O) groups is 5. The zero-order valence-corrected chi connectivity index (χ0v) is 29.6. The van der Waals surface area contributed by atoms with Gasteiger partial charge in [0.25, 0.3) is 5.91 Å². The molecule has 15 heteroatoms. The zero-order chi connectivity index (χ0) is 41.0. The number of hydrogen-bond acceptors (Lipinski definition) is 8. The average molecular weight is 777 g/mol. The highest BCUT2D eigenvalue weighted by Gasteiger charge is 2.72. The van der Waals surface area contributed by atoms with Crippen LogP contribution in [0.1, 0.15) is 66.4 Å². The number of benzene rings is 5. The van der Waals surface area contributed by atoms with Crippen molar-refractivity contribution in [1.82, 2.24) is 0 Å². The maximum absolute atomic E-state index is 15.1. The van der Waals surface area contributed by atoms with E-state index in [1.165, 1.54) is 24.3 Å². The summed E-state index contributed by atoms with van der Waals surface area (Å²) in [5.41, 5.74) is -10.1. The highest BCUT2D eigenvalue weighted by atomic mass is 19.4. The summed E-state index contributed by atoms with van der Waals surface area (Å²) in [5, 5.41) is 5.33. The number of hydrogen-bond donors (Lipinski definition) is 2. The van der Waals surface area contributed by atoms with Gasteiger partial charge in [0.2, 0.25) is 11.2 Å². The Labute approximate surface area is 315 Å². The molecule has 5 aromatic rings. The minimum absolute atomic E-state index is 0.0532. The van der Waals surface area contributed by atoms with Crippen LogP contribution in [0.5, 0.6) is 23.0 Å². The molecule has 0 aliphatic carbocycles. The molecule has 1 amide bonds. The Balaban J connectivity index is 1.54. The summed E-state index contributed by atoms with van der Waals surface area (Å²) >= 11 is 0. The number of halogens is 6. The fraction of sp³-hybridized carbons (Fsp3) is 0.146. The number of amides is 1. The van der Waals surface area contributed by atoms with Gasteiger partial charge >= 0.3 is 12.4 Å². The van der Waals surface area contributed by atoms with Gasteiger partial charge in [0.05, 0.1) is 5.56 Å². The van der Waals surface area contributed by atoms with Crippen molar-refractivity contribution in [3.8, 4) is 23.0 Å². The predicted octanol–water partition coefficient (Wildman–Crippen LogP) is 9.76. The van der Waals surface area contributed by atoms with Gasteiger partial charge in [0.15, 0.2) is 17.9 Å². The van der Waals surface area contributed by atoms with Crippen molar-refractivity contribution >= 4 is 40.9 Å². The summed E-state index contributed by atoms with van der Waals surface area (Å²) in [4.78, 5) is 62.2. The van der Waals surface area contributed by atoms with Crippen LogP contribution in [-0.2, 0) is 10.2 Å². The smallest absolute Gasteiger partial charge is 0.411 e. The number of Topliss-reactive ketones (excluding diaryl/α,β-unsaturated/α-hetero) is 3. The number of alkyl halides is 6. The van der Waals surface area contributed by atoms with E-state index >= 15 is 26.3 Å². The SMILES string of the molecule is CNc1cccc(Oc2cccc(Oc3cccc(NC(=O)c4cc(C(c5ccc(C(C)=O)c(C(C)=O)c5)(C(F)(F)F)C(F)(F)F)ccc4C(=O)C=O)c3)c2)c1. The molecule has 0 aromatic heterocycles. The molecular weight excluding hydrogens is 746 g/mol. The van der Waals surface area contributed by atoms with E-state index in [0.717, 1.165) is 19.5 Å². The third-order valence-electron chi connectivity index (χ3n) is 8.62. The van der Waals surface area contributed by atoms with Crippen LogP contribution in [0.25, 0.3) is 0 Å². The average Bonchev–Trinajstić information content (AvgIpc) is 3.13. The fourth-order valence-corrected chi connectivity index (χ4v) is 6.03. The Morgan fingerprint density at radius 2 is 1.00 bits per heavy atom. The van der Waals surface area contributed by atoms with E-state index in [-0.39, 0.29) is 23.8 Å². The summed E-state index contributed by atoms with van der Waals surface area (Å²) < 4.78 is 102. The van der Waals surface area contributed by atoms with Gasteiger partial charge in [-0.2, -0.15) is 26.3 Å². The molecule has 0 radical (unpaired) electrons. The zero-order valence-electron chi connectivity index (χ0n) is 29.6. The van der Waals surface area contributed by atoms with Crippen LogP contribution < -0.4 is 20.1 Å². The lowest BCUT2D eigenvalue weighted by Gasteiger charge is -2.39. The third kappa shape index (κ3) is 8.16. The second kappa shape index (κ2) is 15.9. The molecule has 0 unspecified atom stereocenters. The number of anilines is 2. The molecule has 9 nitrogen and oxygen atoms in total. The van der Waals surface area contributed by atoms with Gasteiger partial charge in [-0.25, -0.2) is 0 Å². The first-order valence-corrected chi connectivity index (χ1v) is 16.5. The molecule has 5 aromatic carbocycles. The molecule has 5 rings (SSSR count). The second-order valence-corrected chi connectivity index (χ2v) is 12.3. The van der Waals surface area contributed by atoms with E-state index in [0.29, 0.717) is 47.6 Å². The molecule has 0 fully saturated rings. The van der Waals surface area contributed by atoms with E-state index in [1.54, 1.807) is 49.5 Å². The van der Waals surface area contributed by atoms with Gasteiger partial charge < -0.3 is 20.1 Å². The summed E-state index contributed by atoms with van der Waals surface area (Å²) in [6.45, 7) is 1.85. The normalized spacial score (nSPS) is 11.7. The van der Waals surface area contributed by atoms with E-state index in [4.69, 9.17) is 9.47 Å². The Morgan fingerprint density at radius 1 is 0.554 bits per heavy atom. The van der Waals surface area contributed by atoms with Crippen LogP contribution in [0, 0.1) is 0 Å². The molecule has 0 aliphatic heterocycles. The Bertz CT molecular complexity index is 2340. The minimum Gasteiger partial charge on any atom is -0.457 e. The summed E-state index contributed by atoms with van der Waals surface area (Å²) in [7, 11) is 1.75. The highest BCUT2D eigenvalue weighted by molar-refractivity contribution is 6.35. The minimum atomic E-state index is -6.17. The summed E-state index contributed by atoms with van der Waals surface area (Å²) in [6, 6.07) is 21.7. The van der Waals surface area contributed by atoms with Crippen LogP contribution in [-0.4, -0.2) is 48.9 Å². The van der Waals surface area contributed by atoms with E-state index < -0.39 is 74.4 Å². The first-order chi connectivity index (χ1) is 26.4. The van der Waals surface area contributed by atoms with Crippen molar-refractivity contribution in [2.75, 3.05) is 17.7 Å². The van der Waals surface area contributed by atoms with Gasteiger partial charge in [-0.3, -0.25) is 24.0 Å². The fourth-order valence-electron chi connectivity index (χ4n) is 6.03. The monoisotopic (exact) mass is 776 g/mol. The lowest BCUT2D eigenvalue weighted by atomic mass is 9.71. The van der Waals surface area contributed by atoms with Gasteiger partial charge in [-0.1, -0.05) is 36.4 Å². The Hall–Kier alpha value is -6.77. The van der Waals surface area contributed by atoms with Crippen LogP contribution in [0.4, 0.5) is 37.7 Å². The standard InChI is InChI=1S/C41H30F6N2O7/c1-23(51)33-15-13-25(17-35(33)24(2)52)39(40(42,43)44,41(45,46)47)26-14-16-34(37(53)22-50)36(18-26)38(54)49-28-8-5-10-30(20-28)56-32-12-6-11-31(21-32)55-29-9-4-7-27(19-29)48-3/h4-22,48H,1-3H3,(H,49,54). The van der Waals surface area contributed by atoms with Crippen molar-refractivity contribution in [3.05, 3.63) is 143 Å². The maximum atomic E-state index is 15.1. The van der Waals surface area contributed by atoms with E-state index in [2.05, 4.69) is 10.6 Å². The second-order valence-electron chi connectivity index (χ2n) is 12.3. The topological polar surface area (TPSA) is 128 Å². The molecule has 56 heavy (non-hydrogen) atoms. The van der Waals surface area contributed by atoms with E-state index in [9.17, 15) is 24.0 Å². The Kier molecular flexibility index (Phi) is 11.5. The molecule has 0 spiro atoms. The molecular formula is C41H30F6N2O7. The maximum Gasteiger partial charge on any atom is 0.411 e. The number of rotatable bonds is 13. The first-order valence-electron chi connectivity index (χ1n) is 16.5. The number of ketones is 3. The third-order valence-corrected chi connectivity index (χ3v) is 8.62. The van der Waals surface area contributed by atoms with Crippen LogP contribution in [0.15, 0.2) is 109 Å². The number of aldehydes is 1. The molecule has 0 heterocycles. The van der Waals surface area contributed by atoms with Gasteiger partial charge in [0.1, 0.15) is 23.0 Å². The quantitative estimate of drug-likeness (QED) is 0.0524.